The average Bonchev–Trinajstić information content (AvgIpc) is 3.57. The Morgan fingerprint density at radius 2 is 1.74 bits per heavy atom. The van der Waals surface area contributed by atoms with Gasteiger partial charge in [0.15, 0.2) is 0 Å². The van der Waals surface area contributed by atoms with Gasteiger partial charge >= 0.3 is 12.1 Å². The zero-order valence-corrected chi connectivity index (χ0v) is 19.3. The smallest absolute Gasteiger partial charge is 0.407 e. The molecule has 0 radical (unpaired) electrons. The molecule has 2 aromatic carbocycles. The van der Waals surface area contributed by atoms with Crippen molar-refractivity contribution in [2.75, 3.05) is 19.7 Å². The zero-order valence-electron chi connectivity index (χ0n) is 19.3. The van der Waals surface area contributed by atoms with Gasteiger partial charge in [0, 0.05) is 26.1 Å². The highest BCUT2D eigenvalue weighted by Crippen LogP contribution is 2.44. The SMILES string of the molecule is Cn1ncc(C(=O)N2CCC(C(=O)O)C2)c1CNC(=O)OCC1c2ccccc2-c2ccccc21. The number of aryl methyl sites for hydroxylation is 1. The van der Waals surface area contributed by atoms with Crippen LogP contribution in [0.4, 0.5) is 4.79 Å². The lowest BCUT2D eigenvalue weighted by Gasteiger charge is -2.17. The number of aliphatic carboxylic acids is 1. The molecule has 1 aliphatic carbocycles. The first-order chi connectivity index (χ1) is 16.9. The number of nitrogens with one attached hydrogen (secondary N) is 1. The van der Waals surface area contributed by atoms with Crippen LogP contribution in [-0.4, -0.2) is 57.5 Å². The van der Waals surface area contributed by atoms with Crippen molar-refractivity contribution in [3.63, 3.8) is 0 Å². The van der Waals surface area contributed by atoms with Gasteiger partial charge < -0.3 is 20.1 Å². The monoisotopic (exact) mass is 474 g/mol. The molecule has 180 valence electrons. The number of carboxylic acids is 1. The van der Waals surface area contributed by atoms with Gasteiger partial charge in [-0.05, 0) is 28.7 Å². The van der Waals surface area contributed by atoms with Crippen LogP contribution in [0.2, 0.25) is 0 Å². The summed E-state index contributed by atoms with van der Waals surface area (Å²) in [5, 5.41) is 16.1. The molecule has 0 bridgehead atoms. The fourth-order valence-electron chi connectivity index (χ4n) is 4.97. The Labute approximate surface area is 202 Å². The van der Waals surface area contributed by atoms with Crippen molar-refractivity contribution in [1.82, 2.24) is 20.0 Å². The topological polar surface area (TPSA) is 114 Å². The van der Waals surface area contributed by atoms with Gasteiger partial charge in [0.25, 0.3) is 5.91 Å². The fourth-order valence-corrected chi connectivity index (χ4v) is 4.97. The van der Waals surface area contributed by atoms with Gasteiger partial charge in [0.05, 0.1) is 29.9 Å². The van der Waals surface area contributed by atoms with E-state index in [0.717, 1.165) is 22.3 Å². The van der Waals surface area contributed by atoms with Gasteiger partial charge in [-0.2, -0.15) is 5.10 Å². The van der Waals surface area contributed by atoms with E-state index < -0.39 is 18.0 Å². The Hall–Kier alpha value is -4.14. The molecule has 1 unspecified atom stereocenters. The standard InChI is InChI=1S/C26H26N4O5/c1-29-23(21(12-28-29)24(31)30-11-10-16(14-30)25(32)33)13-27-26(34)35-15-22-19-8-4-2-6-17(19)18-7-3-5-9-20(18)22/h2-9,12,16,22H,10-11,13-15H2,1H3,(H,27,34)(H,32,33). The van der Waals surface area contributed by atoms with Crippen LogP contribution < -0.4 is 5.32 Å². The third-order valence-electron chi connectivity index (χ3n) is 6.86. The first-order valence-corrected chi connectivity index (χ1v) is 11.6. The Morgan fingerprint density at radius 1 is 1.09 bits per heavy atom. The summed E-state index contributed by atoms with van der Waals surface area (Å²) in [7, 11) is 1.69. The lowest BCUT2D eigenvalue weighted by Crippen LogP contribution is -2.32. The summed E-state index contributed by atoms with van der Waals surface area (Å²) in [5.41, 5.74) is 5.45. The minimum atomic E-state index is -0.899. The molecule has 1 atom stereocenters. The summed E-state index contributed by atoms with van der Waals surface area (Å²) in [6.07, 6.45) is 1.29. The molecule has 0 saturated carbocycles. The fraction of sp³-hybridized carbons (Fsp3) is 0.308. The second kappa shape index (κ2) is 9.25. The molecule has 1 aliphatic heterocycles. The highest BCUT2D eigenvalue weighted by molar-refractivity contribution is 5.95. The highest BCUT2D eigenvalue weighted by Gasteiger charge is 2.33. The molecule has 35 heavy (non-hydrogen) atoms. The summed E-state index contributed by atoms with van der Waals surface area (Å²) >= 11 is 0. The zero-order chi connectivity index (χ0) is 24.5. The number of ether oxygens (including phenoxy) is 1. The Kier molecular flexibility index (Phi) is 5.98. The van der Waals surface area contributed by atoms with E-state index in [2.05, 4.69) is 34.7 Å². The normalized spacial score (nSPS) is 16.6. The summed E-state index contributed by atoms with van der Waals surface area (Å²) < 4.78 is 7.11. The van der Waals surface area contributed by atoms with Crippen molar-refractivity contribution in [1.29, 1.82) is 0 Å². The van der Waals surface area contributed by atoms with Gasteiger partial charge in [-0.25, -0.2) is 4.79 Å². The van der Waals surface area contributed by atoms with Crippen LogP contribution in [0.5, 0.6) is 0 Å². The van der Waals surface area contributed by atoms with Crippen LogP contribution in [0.3, 0.4) is 0 Å². The lowest BCUT2D eigenvalue weighted by molar-refractivity contribution is -0.141. The first-order valence-electron chi connectivity index (χ1n) is 11.6. The summed E-state index contributed by atoms with van der Waals surface area (Å²) in [4.78, 5) is 38.3. The van der Waals surface area contributed by atoms with Crippen molar-refractivity contribution in [3.8, 4) is 11.1 Å². The van der Waals surface area contributed by atoms with Gasteiger partial charge in [0.2, 0.25) is 0 Å². The molecule has 2 aliphatic rings. The number of hydrogen-bond acceptors (Lipinski definition) is 5. The van der Waals surface area contributed by atoms with Crippen LogP contribution in [0.25, 0.3) is 11.1 Å². The molecule has 2 N–H and O–H groups in total. The minimum absolute atomic E-state index is 0.0423. The van der Waals surface area contributed by atoms with Crippen LogP contribution in [0, 0.1) is 5.92 Å². The number of rotatable bonds is 6. The van der Waals surface area contributed by atoms with Gasteiger partial charge in [-0.15, -0.1) is 0 Å². The third-order valence-corrected chi connectivity index (χ3v) is 6.86. The number of alkyl carbamates (subject to hydrolysis) is 1. The van der Waals surface area contributed by atoms with E-state index in [-0.39, 0.29) is 31.5 Å². The van der Waals surface area contributed by atoms with E-state index in [9.17, 15) is 19.5 Å². The minimum Gasteiger partial charge on any atom is -0.481 e. The number of hydrogen-bond donors (Lipinski definition) is 2. The number of carbonyl (C=O) groups excluding carboxylic acids is 2. The van der Waals surface area contributed by atoms with Crippen LogP contribution in [0.1, 0.15) is 39.5 Å². The van der Waals surface area contributed by atoms with Crippen LogP contribution in [-0.2, 0) is 23.1 Å². The van der Waals surface area contributed by atoms with Crippen molar-refractivity contribution in [3.05, 3.63) is 77.1 Å². The molecular formula is C26H26N4O5. The first kappa shape index (κ1) is 22.6. The largest absolute Gasteiger partial charge is 0.481 e. The van der Waals surface area contributed by atoms with Gasteiger partial charge in [0.1, 0.15) is 6.61 Å². The number of amides is 2. The molecular weight excluding hydrogens is 448 g/mol. The van der Waals surface area contributed by atoms with E-state index in [0.29, 0.717) is 24.2 Å². The lowest BCUT2D eigenvalue weighted by atomic mass is 9.98. The molecule has 2 amide bonds. The predicted octanol–water partition coefficient (Wildman–Crippen LogP) is 3.01. The van der Waals surface area contributed by atoms with Gasteiger partial charge in [-0.3, -0.25) is 14.3 Å². The van der Waals surface area contributed by atoms with E-state index in [4.69, 9.17) is 4.74 Å². The van der Waals surface area contributed by atoms with Gasteiger partial charge in [-0.1, -0.05) is 48.5 Å². The molecule has 1 aromatic heterocycles. The number of fused-ring (bicyclic) bond motifs is 3. The summed E-state index contributed by atoms with van der Waals surface area (Å²) in [6, 6.07) is 16.2. The third kappa shape index (κ3) is 4.25. The molecule has 3 aromatic rings. The van der Waals surface area contributed by atoms with Crippen molar-refractivity contribution >= 4 is 18.0 Å². The highest BCUT2D eigenvalue weighted by atomic mass is 16.5. The second-order valence-electron chi connectivity index (χ2n) is 8.88. The number of aromatic nitrogens is 2. The van der Waals surface area contributed by atoms with Crippen molar-refractivity contribution < 1.29 is 24.2 Å². The molecule has 1 fully saturated rings. The number of benzene rings is 2. The van der Waals surface area contributed by atoms with E-state index in [1.165, 1.54) is 15.8 Å². The van der Waals surface area contributed by atoms with E-state index in [1.807, 2.05) is 24.3 Å². The number of nitrogens with zero attached hydrogens (tertiary/aromatic N) is 3. The number of likely N-dealkylation sites (tertiary alicyclic amines) is 1. The number of carbonyl (C=O) groups is 3. The van der Waals surface area contributed by atoms with Crippen LogP contribution in [0.15, 0.2) is 54.7 Å². The number of carboxylic acid groups (broad SMARTS) is 1. The predicted molar refractivity (Wildman–Crippen MR) is 127 cm³/mol. The Bertz CT molecular complexity index is 1250. The Morgan fingerprint density at radius 3 is 2.37 bits per heavy atom. The average molecular weight is 475 g/mol. The summed E-state index contributed by atoms with van der Waals surface area (Å²) in [5.74, 6) is -1.79. The molecule has 1 saturated heterocycles. The van der Waals surface area contributed by atoms with Crippen molar-refractivity contribution in [2.24, 2.45) is 13.0 Å². The quantitative estimate of drug-likeness (QED) is 0.568. The van der Waals surface area contributed by atoms with E-state index in [1.54, 1.807) is 7.05 Å². The molecule has 9 heteroatoms. The maximum Gasteiger partial charge on any atom is 0.407 e. The maximum atomic E-state index is 13.0. The molecule has 9 nitrogen and oxygen atoms in total. The molecule has 2 heterocycles. The van der Waals surface area contributed by atoms with Crippen LogP contribution >= 0.6 is 0 Å². The summed E-state index contributed by atoms with van der Waals surface area (Å²) in [6.45, 7) is 0.804. The molecule has 5 rings (SSSR count). The van der Waals surface area contributed by atoms with E-state index >= 15 is 0 Å². The maximum absolute atomic E-state index is 13.0. The second-order valence-corrected chi connectivity index (χ2v) is 8.88. The Balaban J connectivity index is 1.22. The van der Waals surface area contributed by atoms with Crippen molar-refractivity contribution in [2.45, 2.75) is 18.9 Å². The molecule has 0 spiro atoms.